The number of carbonyl (C=O) groups excluding carboxylic acids is 1. The molecule has 0 radical (unpaired) electrons. The van der Waals surface area contributed by atoms with Gasteiger partial charge in [-0.3, -0.25) is 4.90 Å². The summed E-state index contributed by atoms with van der Waals surface area (Å²) in [6.45, 7) is 2.22. The van der Waals surface area contributed by atoms with E-state index in [-0.39, 0.29) is 5.97 Å². The van der Waals surface area contributed by atoms with Gasteiger partial charge in [-0.15, -0.1) is 0 Å². The summed E-state index contributed by atoms with van der Waals surface area (Å²) >= 11 is 0. The van der Waals surface area contributed by atoms with Crippen molar-refractivity contribution in [2.24, 2.45) is 11.8 Å². The highest BCUT2D eigenvalue weighted by atomic mass is 16.5. The molecular formula is C21H24N2O2. The number of para-hydroxylation sites is 1. The first-order valence-electron chi connectivity index (χ1n) is 9.38. The van der Waals surface area contributed by atoms with E-state index in [4.69, 9.17) is 4.74 Å². The van der Waals surface area contributed by atoms with Crippen molar-refractivity contribution in [2.45, 2.75) is 31.7 Å². The second-order valence-electron chi connectivity index (χ2n) is 7.65. The van der Waals surface area contributed by atoms with Crippen molar-refractivity contribution >= 4 is 16.9 Å². The van der Waals surface area contributed by atoms with Crippen LogP contribution in [0.25, 0.3) is 10.9 Å². The van der Waals surface area contributed by atoms with Crippen molar-refractivity contribution in [1.82, 2.24) is 9.88 Å². The van der Waals surface area contributed by atoms with Gasteiger partial charge in [-0.2, -0.15) is 0 Å². The number of methoxy groups -OCH3 is 1. The molecule has 3 heterocycles. The molecule has 0 amide bonds. The van der Waals surface area contributed by atoms with Crippen molar-refractivity contribution in [3.8, 4) is 0 Å². The Morgan fingerprint density at radius 3 is 3.08 bits per heavy atom. The molecule has 4 nitrogen and oxygen atoms in total. The molecule has 1 aliphatic carbocycles. The lowest BCUT2D eigenvalue weighted by atomic mass is 9.70. The Bertz CT molecular complexity index is 866. The first-order valence-corrected chi connectivity index (χ1v) is 9.38. The predicted molar refractivity (Wildman–Crippen MR) is 97.2 cm³/mol. The van der Waals surface area contributed by atoms with Gasteiger partial charge < -0.3 is 9.72 Å². The molecule has 4 heteroatoms. The monoisotopic (exact) mass is 336 g/mol. The number of nitrogens with zero attached hydrogens (tertiary/aromatic N) is 1. The summed E-state index contributed by atoms with van der Waals surface area (Å²) in [6, 6.07) is 9.01. The summed E-state index contributed by atoms with van der Waals surface area (Å²) in [5.74, 6) is 0.789. The molecular weight excluding hydrogens is 312 g/mol. The largest absolute Gasteiger partial charge is 0.466 e. The normalized spacial score (nSPS) is 28.7. The second kappa shape index (κ2) is 5.73. The van der Waals surface area contributed by atoms with Crippen molar-refractivity contribution in [1.29, 1.82) is 0 Å². The fraction of sp³-hybridized carbons (Fsp3) is 0.476. The van der Waals surface area contributed by atoms with Crippen LogP contribution in [0.5, 0.6) is 0 Å². The predicted octanol–water partition coefficient (Wildman–Crippen LogP) is 3.60. The maximum absolute atomic E-state index is 12.3. The zero-order valence-electron chi connectivity index (χ0n) is 14.6. The van der Waals surface area contributed by atoms with Crippen LogP contribution in [0.4, 0.5) is 0 Å². The van der Waals surface area contributed by atoms with Gasteiger partial charge in [0, 0.05) is 35.3 Å². The minimum atomic E-state index is -0.129. The highest BCUT2D eigenvalue weighted by molar-refractivity contribution is 5.89. The zero-order chi connectivity index (χ0) is 17.0. The molecule has 25 heavy (non-hydrogen) atoms. The average molecular weight is 336 g/mol. The summed E-state index contributed by atoms with van der Waals surface area (Å²) < 4.78 is 5.06. The number of aromatic nitrogens is 1. The Labute approximate surface area is 147 Å². The molecule has 0 saturated carbocycles. The maximum Gasteiger partial charge on any atom is 0.333 e. The van der Waals surface area contributed by atoms with Crippen LogP contribution in [-0.4, -0.2) is 36.1 Å². The topological polar surface area (TPSA) is 45.3 Å². The number of hydrogen-bond acceptors (Lipinski definition) is 3. The third-order valence-corrected chi connectivity index (χ3v) is 6.51. The van der Waals surface area contributed by atoms with Gasteiger partial charge in [0.25, 0.3) is 0 Å². The quantitative estimate of drug-likeness (QED) is 0.810. The molecule has 3 aliphatic rings. The van der Waals surface area contributed by atoms with Crippen LogP contribution in [0.1, 0.15) is 36.6 Å². The van der Waals surface area contributed by atoms with Crippen LogP contribution in [0.2, 0.25) is 0 Å². The molecule has 2 aliphatic heterocycles. The Balaban J connectivity index is 1.54. The number of aromatic amines is 1. The van der Waals surface area contributed by atoms with Gasteiger partial charge in [-0.1, -0.05) is 24.3 Å². The molecule has 0 bridgehead atoms. The minimum absolute atomic E-state index is 0.129. The summed E-state index contributed by atoms with van der Waals surface area (Å²) in [6.07, 6.45) is 6.45. The van der Waals surface area contributed by atoms with Gasteiger partial charge >= 0.3 is 5.97 Å². The number of carbonyl (C=O) groups is 1. The van der Waals surface area contributed by atoms with E-state index < -0.39 is 0 Å². The highest BCUT2D eigenvalue weighted by Gasteiger charge is 2.43. The van der Waals surface area contributed by atoms with Crippen LogP contribution >= 0.6 is 0 Å². The van der Waals surface area contributed by atoms with Gasteiger partial charge in [0.2, 0.25) is 0 Å². The molecule has 1 fully saturated rings. The summed E-state index contributed by atoms with van der Waals surface area (Å²) in [7, 11) is 1.50. The molecule has 5 rings (SSSR count). The number of benzene rings is 1. The highest BCUT2D eigenvalue weighted by Crippen LogP contribution is 2.47. The van der Waals surface area contributed by atoms with E-state index in [2.05, 4.69) is 40.2 Å². The first kappa shape index (κ1) is 15.2. The molecule has 3 atom stereocenters. The van der Waals surface area contributed by atoms with Crippen LogP contribution in [-0.2, 0) is 16.0 Å². The number of nitrogens with one attached hydrogen (secondary N) is 1. The molecule has 2 aromatic rings. The summed E-state index contributed by atoms with van der Waals surface area (Å²) in [5, 5.41) is 1.37. The number of H-pyrrole nitrogens is 1. The van der Waals surface area contributed by atoms with E-state index in [0.29, 0.717) is 17.9 Å². The van der Waals surface area contributed by atoms with Crippen LogP contribution in [0.15, 0.2) is 35.9 Å². The van der Waals surface area contributed by atoms with Gasteiger partial charge in [0.1, 0.15) is 0 Å². The minimum Gasteiger partial charge on any atom is -0.466 e. The third kappa shape index (κ3) is 2.27. The van der Waals surface area contributed by atoms with Crippen molar-refractivity contribution < 1.29 is 9.53 Å². The Hall–Kier alpha value is -2.07. The third-order valence-electron chi connectivity index (χ3n) is 6.51. The number of rotatable bonds is 1. The number of piperidine rings is 1. The Morgan fingerprint density at radius 2 is 2.20 bits per heavy atom. The standard InChI is InChI=1S/C21H24N2O2/c1-25-21(24)16-7-4-5-13-12-23-10-9-15-14-6-2-3-8-18(14)22-20(15)19(23)11-17(13)16/h2-3,6-8,13,17,19,22H,4-5,9-12H2,1H3/t13-,17+,19-/m1/s1. The van der Waals surface area contributed by atoms with Crippen LogP contribution < -0.4 is 0 Å². The second-order valence-corrected chi connectivity index (χ2v) is 7.65. The molecule has 130 valence electrons. The van der Waals surface area contributed by atoms with Gasteiger partial charge in [-0.25, -0.2) is 4.79 Å². The van der Waals surface area contributed by atoms with E-state index in [0.717, 1.165) is 37.9 Å². The fourth-order valence-electron chi connectivity index (χ4n) is 5.35. The van der Waals surface area contributed by atoms with Gasteiger partial charge in [0.05, 0.1) is 13.2 Å². The maximum atomic E-state index is 12.3. The molecule has 0 unspecified atom stereocenters. The van der Waals surface area contributed by atoms with Crippen LogP contribution in [0, 0.1) is 11.8 Å². The van der Waals surface area contributed by atoms with Crippen LogP contribution in [0.3, 0.4) is 0 Å². The zero-order valence-corrected chi connectivity index (χ0v) is 14.6. The first-order chi connectivity index (χ1) is 12.3. The molecule has 1 N–H and O–H groups in total. The van der Waals surface area contributed by atoms with E-state index in [1.807, 2.05) is 0 Å². The fourth-order valence-corrected chi connectivity index (χ4v) is 5.35. The number of fused-ring (bicyclic) bond motifs is 6. The van der Waals surface area contributed by atoms with E-state index in [9.17, 15) is 4.79 Å². The lowest BCUT2D eigenvalue weighted by molar-refractivity contribution is -0.137. The molecule has 1 aromatic carbocycles. The average Bonchev–Trinajstić information content (AvgIpc) is 3.04. The number of esters is 1. The molecule has 1 saturated heterocycles. The summed E-state index contributed by atoms with van der Waals surface area (Å²) in [5.41, 5.74) is 5.01. The Kier molecular flexibility index (Phi) is 3.49. The van der Waals surface area contributed by atoms with Crippen molar-refractivity contribution in [3.63, 3.8) is 0 Å². The van der Waals surface area contributed by atoms with Crippen molar-refractivity contribution in [2.75, 3.05) is 20.2 Å². The number of allylic oxidation sites excluding steroid dienone is 1. The van der Waals surface area contributed by atoms with Crippen molar-refractivity contribution in [3.05, 3.63) is 47.2 Å². The SMILES string of the molecule is COC(=O)C1=CCC[C@@H]2CN3CCc4c([nH]c5ccccc45)[C@H]3C[C@H]12. The van der Waals surface area contributed by atoms with Gasteiger partial charge in [-0.05, 0) is 49.1 Å². The lowest BCUT2D eigenvalue weighted by Gasteiger charge is -2.47. The molecule has 1 aromatic heterocycles. The smallest absolute Gasteiger partial charge is 0.333 e. The van der Waals surface area contributed by atoms with Gasteiger partial charge in [0.15, 0.2) is 0 Å². The number of hydrogen-bond donors (Lipinski definition) is 1. The summed E-state index contributed by atoms with van der Waals surface area (Å²) in [4.78, 5) is 18.6. The molecule has 0 spiro atoms. The lowest BCUT2D eigenvalue weighted by Crippen LogP contribution is -2.47. The number of ether oxygens (including phenoxy) is 1. The van der Waals surface area contributed by atoms with E-state index >= 15 is 0 Å². The van der Waals surface area contributed by atoms with E-state index in [1.165, 1.54) is 35.7 Å². The van der Waals surface area contributed by atoms with E-state index in [1.54, 1.807) is 0 Å². The Morgan fingerprint density at radius 1 is 1.32 bits per heavy atom.